The summed E-state index contributed by atoms with van der Waals surface area (Å²) < 4.78 is 11.6. The number of halogens is 1. The Labute approximate surface area is 172 Å². The molecule has 0 saturated carbocycles. The van der Waals surface area contributed by atoms with Gasteiger partial charge in [-0.05, 0) is 25.1 Å². The molecule has 7 heteroatoms. The van der Waals surface area contributed by atoms with Gasteiger partial charge in [-0.2, -0.15) is 4.98 Å². The fraction of sp³-hybridized carbons (Fsp3) is 0.286. The predicted molar refractivity (Wildman–Crippen MR) is 110 cm³/mol. The number of benzene rings is 2. The molecule has 6 nitrogen and oxygen atoms in total. The van der Waals surface area contributed by atoms with Crippen LogP contribution in [0.5, 0.6) is 5.75 Å². The molecule has 1 amide bonds. The van der Waals surface area contributed by atoms with Crippen LogP contribution in [-0.2, 0) is 17.8 Å². The number of methoxy groups -OCH3 is 1. The van der Waals surface area contributed by atoms with Crippen LogP contribution in [-0.4, -0.2) is 35.1 Å². The second-order valence-electron chi connectivity index (χ2n) is 6.58. The monoisotopic (exact) mass is 443 g/mol. The minimum absolute atomic E-state index is 0.00267. The molecule has 0 N–H and O–H groups in total. The number of carbonyl (C=O) groups excluding carboxylic acids is 1. The Morgan fingerprint density at radius 2 is 1.96 bits per heavy atom. The summed E-state index contributed by atoms with van der Waals surface area (Å²) in [6.45, 7) is 2.48. The first-order chi connectivity index (χ1) is 13.5. The van der Waals surface area contributed by atoms with Gasteiger partial charge in [-0.1, -0.05) is 50.9 Å². The minimum atomic E-state index is -0.00267. The van der Waals surface area contributed by atoms with Crippen LogP contribution in [0.1, 0.15) is 23.4 Å². The SMILES string of the molecule is COc1ccc(Br)cc1CN(C)C(=O)CCc1nc(-c2ccc(C)cc2)no1. The lowest BCUT2D eigenvalue weighted by atomic mass is 10.1. The second-order valence-corrected chi connectivity index (χ2v) is 7.50. The highest BCUT2D eigenvalue weighted by molar-refractivity contribution is 9.10. The molecule has 0 saturated heterocycles. The lowest BCUT2D eigenvalue weighted by Crippen LogP contribution is -2.26. The van der Waals surface area contributed by atoms with Gasteiger partial charge in [0, 0.05) is 42.0 Å². The van der Waals surface area contributed by atoms with Crippen molar-refractivity contribution < 1.29 is 14.1 Å². The number of hydrogen-bond donors (Lipinski definition) is 0. The lowest BCUT2D eigenvalue weighted by Gasteiger charge is -2.18. The molecule has 0 radical (unpaired) electrons. The molecule has 3 rings (SSSR count). The summed E-state index contributed by atoms with van der Waals surface area (Å²) in [7, 11) is 3.39. The molecule has 0 aliphatic heterocycles. The van der Waals surface area contributed by atoms with Gasteiger partial charge in [-0.25, -0.2) is 0 Å². The number of carbonyl (C=O) groups is 1. The zero-order valence-corrected chi connectivity index (χ0v) is 17.7. The number of hydrogen-bond acceptors (Lipinski definition) is 5. The van der Waals surface area contributed by atoms with Crippen LogP contribution in [0.25, 0.3) is 11.4 Å². The molecule has 1 heterocycles. The maximum atomic E-state index is 12.5. The fourth-order valence-electron chi connectivity index (χ4n) is 2.80. The highest BCUT2D eigenvalue weighted by atomic mass is 79.9. The molecule has 0 aliphatic carbocycles. The summed E-state index contributed by atoms with van der Waals surface area (Å²) in [5, 5.41) is 4.01. The zero-order chi connectivity index (χ0) is 20.1. The second kappa shape index (κ2) is 9.01. The van der Waals surface area contributed by atoms with Crippen molar-refractivity contribution in [1.29, 1.82) is 0 Å². The van der Waals surface area contributed by atoms with E-state index in [1.54, 1.807) is 19.1 Å². The van der Waals surface area contributed by atoms with Gasteiger partial charge in [-0.3, -0.25) is 4.79 Å². The Morgan fingerprint density at radius 1 is 1.21 bits per heavy atom. The number of rotatable bonds is 7. The van der Waals surface area contributed by atoms with E-state index in [4.69, 9.17) is 9.26 Å². The van der Waals surface area contributed by atoms with E-state index in [0.717, 1.165) is 21.3 Å². The summed E-state index contributed by atoms with van der Waals surface area (Å²) >= 11 is 3.45. The summed E-state index contributed by atoms with van der Waals surface area (Å²) in [6.07, 6.45) is 0.694. The quantitative estimate of drug-likeness (QED) is 0.540. The average molecular weight is 444 g/mol. The van der Waals surface area contributed by atoms with E-state index in [1.807, 2.05) is 49.4 Å². The standard InChI is InChI=1S/C21H22BrN3O3/c1-14-4-6-15(7-5-14)21-23-19(28-24-21)10-11-20(26)25(2)13-16-12-17(22)8-9-18(16)27-3/h4-9,12H,10-11,13H2,1-3H3. The van der Waals surface area contributed by atoms with Crippen LogP contribution in [0.4, 0.5) is 0 Å². The van der Waals surface area contributed by atoms with Crippen molar-refractivity contribution in [3.8, 4) is 17.1 Å². The highest BCUT2D eigenvalue weighted by Gasteiger charge is 2.15. The Morgan fingerprint density at radius 3 is 2.68 bits per heavy atom. The van der Waals surface area contributed by atoms with Crippen molar-refractivity contribution in [3.63, 3.8) is 0 Å². The molecule has 0 fully saturated rings. The molecule has 1 aromatic heterocycles. The van der Waals surface area contributed by atoms with Crippen LogP contribution in [0.3, 0.4) is 0 Å². The first kappa shape index (κ1) is 20.1. The van der Waals surface area contributed by atoms with Gasteiger partial charge in [-0.15, -0.1) is 0 Å². The fourth-order valence-corrected chi connectivity index (χ4v) is 3.20. The van der Waals surface area contributed by atoms with Crippen molar-refractivity contribution in [2.45, 2.75) is 26.3 Å². The topological polar surface area (TPSA) is 68.5 Å². The Balaban J connectivity index is 1.58. The van der Waals surface area contributed by atoms with E-state index in [-0.39, 0.29) is 5.91 Å². The first-order valence-electron chi connectivity index (χ1n) is 8.92. The molecule has 3 aromatic rings. The smallest absolute Gasteiger partial charge is 0.227 e. The zero-order valence-electron chi connectivity index (χ0n) is 16.1. The molecule has 0 aliphatic rings. The van der Waals surface area contributed by atoms with Crippen LogP contribution in [0.2, 0.25) is 0 Å². The molecule has 146 valence electrons. The molecule has 0 unspecified atom stereocenters. The van der Waals surface area contributed by atoms with Gasteiger partial charge in [0.05, 0.1) is 7.11 Å². The largest absolute Gasteiger partial charge is 0.496 e. The molecule has 0 atom stereocenters. The third-order valence-electron chi connectivity index (χ3n) is 4.41. The van der Waals surface area contributed by atoms with Crippen molar-refractivity contribution in [3.05, 3.63) is 64.0 Å². The molecule has 2 aromatic carbocycles. The van der Waals surface area contributed by atoms with E-state index < -0.39 is 0 Å². The predicted octanol–water partition coefficient (Wildman–Crippen LogP) is 4.41. The number of aryl methyl sites for hydroxylation is 2. The van der Waals surface area contributed by atoms with E-state index in [0.29, 0.717) is 31.1 Å². The van der Waals surface area contributed by atoms with Gasteiger partial charge < -0.3 is 14.2 Å². The van der Waals surface area contributed by atoms with Crippen LogP contribution in [0, 0.1) is 6.92 Å². The first-order valence-corrected chi connectivity index (χ1v) is 9.71. The molecular weight excluding hydrogens is 422 g/mol. The maximum absolute atomic E-state index is 12.5. The lowest BCUT2D eigenvalue weighted by molar-refractivity contribution is -0.130. The summed E-state index contributed by atoms with van der Waals surface area (Å²) in [5.74, 6) is 1.74. The van der Waals surface area contributed by atoms with E-state index in [9.17, 15) is 4.79 Å². The van der Waals surface area contributed by atoms with Crippen LogP contribution in [0.15, 0.2) is 51.5 Å². The number of ether oxygens (including phenoxy) is 1. The Kier molecular flexibility index (Phi) is 6.46. The van der Waals surface area contributed by atoms with E-state index >= 15 is 0 Å². The minimum Gasteiger partial charge on any atom is -0.496 e. The summed E-state index contributed by atoms with van der Waals surface area (Å²) in [4.78, 5) is 18.6. The third-order valence-corrected chi connectivity index (χ3v) is 4.90. The van der Waals surface area contributed by atoms with Gasteiger partial charge in [0.25, 0.3) is 0 Å². The van der Waals surface area contributed by atoms with Gasteiger partial charge in [0.15, 0.2) is 0 Å². The van der Waals surface area contributed by atoms with Crippen molar-refractivity contribution in [2.24, 2.45) is 0 Å². The molecular formula is C21H22BrN3O3. The van der Waals surface area contributed by atoms with Crippen molar-refractivity contribution in [2.75, 3.05) is 14.2 Å². The van der Waals surface area contributed by atoms with Crippen LogP contribution < -0.4 is 4.74 Å². The number of amides is 1. The van der Waals surface area contributed by atoms with Crippen LogP contribution >= 0.6 is 15.9 Å². The number of aromatic nitrogens is 2. The average Bonchev–Trinajstić information content (AvgIpc) is 3.16. The molecule has 0 bridgehead atoms. The van der Waals surface area contributed by atoms with Gasteiger partial charge in [0.1, 0.15) is 5.75 Å². The highest BCUT2D eigenvalue weighted by Crippen LogP contribution is 2.24. The third kappa shape index (κ3) is 4.98. The van der Waals surface area contributed by atoms with E-state index in [1.165, 1.54) is 5.56 Å². The normalized spacial score (nSPS) is 10.7. The van der Waals surface area contributed by atoms with Crippen molar-refractivity contribution >= 4 is 21.8 Å². The van der Waals surface area contributed by atoms with Crippen molar-refractivity contribution in [1.82, 2.24) is 15.0 Å². The Hall–Kier alpha value is -2.67. The van der Waals surface area contributed by atoms with E-state index in [2.05, 4.69) is 26.1 Å². The Bertz CT molecular complexity index is 954. The summed E-state index contributed by atoms with van der Waals surface area (Å²) in [6, 6.07) is 13.6. The van der Waals surface area contributed by atoms with Gasteiger partial charge >= 0.3 is 0 Å². The molecule has 28 heavy (non-hydrogen) atoms. The maximum Gasteiger partial charge on any atom is 0.227 e. The number of nitrogens with zero attached hydrogens (tertiary/aromatic N) is 3. The van der Waals surface area contributed by atoms with Gasteiger partial charge in [0.2, 0.25) is 17.6 Å². The summed E-state index contributed by atoms with van der Waals surface area (Å²) in [5.41, 5.74) is 3.00. The molecule has 0 spiro atoms.